The van der Waals surface area contributed by atoms with Gasteiger partial charge in [-0.1, -0.05) is 6.07 Å². The van der Waals surface area contributed by atoms with Crippen LogP contribution >= 0.6 is 0 Å². The number of hydrogen-bond acceptors (Lipinski definition) is 4. The molecular weight excluding hydrogens is 234 g/mol. The van der Waals surface area contributed by atoms with Crippen molar-refractivity contribution in [2.45, 2.75) is 17.6 Å². The molecule has 1 unspecified atom stereocenters. The van der Waals surface area contributed by atoms with Gasteiger partial charge >= 0.3 is 0 Å². The first-order chi connectivity index (χ1) is 8.16. The third kappa shape index (κ3) is 2.88. The van der Waals surface area contributed by atoms with Crippen LogP contribution in [0.3, 0.4) is 0 Å². The number of aryl methyl sites for hydroxylation is 1. The van der Waals surface area contributed by atoms with E-state index in [0.29, 0.717) is 16.4 Å². The highest BCUT2D eigenvalue weighted by atomic mass is 32.2. The maximum atomic E-state index is 12.1. The van der Waals surface area contributed by atoms with Crippen LogP contribution in [0.15, 0.2) is 41.6 Å². The smallest absolute Gasteiger partial charge is 0.141 e. The molecule has 1 heterocycles. The summed E-state index contributed by atoms with van der Waals surface area (Å²) in [6.07, 6.45) is 3.27. The molecule has 2 rings (SSSR count). The van der Waals surface area contributed by atoms with Crippen LogP contribution in [-0.4, -0.2) is 14.2 Å². The van der Waals surface area contributed by atoms with E-state index in [2.05, 4.69) is 9.97 Å². The maximum Gasteiger partial charge on any atom is 0.141 e. The second-order valence-corrected chi connectivity index (χ2v) is 5.12. The number of rotatable bonds is 3. The van der Waals surface area contributed by atoms with Crippen molar-refractivity contribution in [2.75, 3.05) is 5.73 Å². The normalized spacial score (nSPS) is 12.3. The van der Waals surface area contributed by atoms with E-state index in [1.54, 1.807) is 24.5 Å². The summed E-state index contributed by atoms with van der Waals surface area (Å²) in [6.45, 7) is 1.95. The van der Waals surface area contributed by atoms with E-state index in [0.717, 1.165) is 5.56 Å². The van der Waals surface area contributed by atoms with Crippen molar-refractivity contribution in [1.29, 1.82) is 0 Å². The Hall–Kier alpha value is -1.75. The van der Waals surface area contributed by atoms with E-state index in [-0.39, 0.29) is 5.75 Å². The SMILES string of the molecule is Cc1ccc(S(=O)Cc2ncccn2)c(N)c1. The topological polar surface area (TPSA) is 68.9 Å². The Morgan fingerprint density at radius 2 is 2.00 bits per heavy atom. The zero-order valence-electron chi connectivity index (χ0n) is 9.46. The Balaban J connectivity index is 2.21. The van der Waals surface area contributed by atoms with Crippen LogP contribution in [0, 0.1) is 6.92 Å². The first-order valence-corrected chi connectivity index (χ1v) is 6.49. The highest BCUT2D eigenvalue weighted by molar-refractivity contribution is 7.84. The third-order valence-electron chi connectivity index (χ3n) is 2.29. The largest absolute Gasteiger partial charge is 0.398 e. The summed E-state index contributed by atoms with van der Waals surface area (Å²) in [5.41, 5.74) is 7.45. The van der Waals surface area contributed by atoms with Crippen LogP contribution in [-0.2, 0) is 16.6 Å². The van der Waals surface area contributed by atoms with Gasteiger partial charge in [0.1, 0.15) is 5.82 Å². The highest BCUT2D eigenvalue weighted by Gasteiger charge is 2.10. The summed E-state index contributed by atoms with van der Waals surface area (Å²) < 4.78 is 12.1. The lowest BCUT2D eigenvalue weighted by molar-refractivity contribution is 0.681. The second kappa shape index (κ2) is 5.05. The maximum absolute atomic E-state index is 12.1. The fourth-order valence-electron chi connectivity index (χ4n) is 1.47. The molecule has 0 spiro atoms. The minimum absolute atomic E-state index is 0.286. The van der Waals surface area contributed by atoms with Crippen molar-refractivity contribution >= 4 is 16.5 Å². The average molecular weight is 247 g/mol. The van der Waals surface area contributed by atoms with Gasteiger partial charge < -0.3 is 5.73 Å². The molecule has 2 aromatic rings. The van der Waals surface area contributed by atoms with Crippen molar-refractivity contribution in [2.24, 2.45) is 0 Å². The molecule has 0 bridgehead atoms. The summed E-state index contributed by atoms with van der Waals surface area (Å²) in [4.78, 5) is 8.73. The third-order valence-corrected chi connectivity index (χ3v) is 3.67. The van der Waals surface area contributed by atoms with E-state index < -0.39 is 10.8 Å². The molecule has 0 fully saturated rings. The molecule has 5 heteroatoms. The van der Waals surface area contributed by atoms with E-state index in [1.165, 1.54) is 0 Å². The van der Waals surface area contributed by atoms with Gasteiger partial charge in [-0.15, -0.1) is 0 Å². The van der Waals surface area contributed by atoms with Gasteiger partial charge in [-0.05, 0) is 30.7 Å². The zero-order chi connectivity index (χ0) is 12.3. The number of nitrogens with zero attached hydrogens (tertiary/aromatic N) is 2. The molecular formula is C12H13N3OS. The first-order valence-electron chi connectivity index (χ1n) is 5.17. The minimum atomic E-state index is -1.20. The van der Waals surface area contributed by atoms with Gasteiger partial charge in [-0.3, -0.25) is 4.21 Å². The Kier molecular flexibility index (Phi) is 3.49. The summed E-state index contributed by atoms with van der Waals surface area (Å²) in [5, 5.41) is 0. The molecule has 0 radical (unpaired) electrons. The quantitative estimate of drug-likeness (QED) is 0.838. The molecule has 1 atom stereocenters. The molecule has 1 aromatic carbocycles. The molecule has 0 aliphatic heterocycles. The average Bonchev–Trinajstić information content (AvgIpc) is 2.30. The molecule has 1 aromatic heterocycles. The summed E-state index contributed by atoms with van der Waals surface area (Å²) in [5.74, 6) is 0.847. The molecule has 0 amide bonds. The number of aromatic nitrogens is 2. The van der Waals surface area contributed by atoms with Crippen LogP contribution in [0.5, 0.6) is 0 Å². The van der Waals surface area contributed by atoms with Gasteiger partial charge in [-0.2, -0.15) is 0 Å². The molecule has 88 valence electrons. The monoisotopic (exact) mass is 247 g/mol. The molecule has 2 N–H and O–H groups in total. The number of nitrogen functional groups attached to an aromatic ring is 1. The lowest BCUT2D eigenvalue weighted by Gasteiger charge is -2.05. The molecule has 0 saturated heterocycles. The van der Waals surface area contributed by atoms with Gasteiger partial charge in [0.15, 0.2) is 0 Å². The van der Waals surface area contributed by atoms with Crippen molar-refractivity contribution in [3.05, 3.63) is 48.0 Å². The summed E-state index contributed by atoms with van der Waals surface area (Å²) in [7, 11) is -1.20. The van der Waals surface area contributed by atoms with Crippen molar-refractivity contribution in [3.63, 3.8) is 0 Å². The van der Waals surface area contributed by atoms with Gasteiger partial charge in [0.25, 0.3) is 0 Å². The highest BCUT2D eigenvalue weighted by Crippen LogP contribution is 2.19. The van der Waals surface area contributed by atoms with Crippen LogP contribution in [0.2, 0.25) is 0 Å². The Bertz CT molecular complexity index is 543. The van der Waals surface area contributed by atoms with Crippen molar-refractivity contribution in [1.82, 2.24) is 9.97 Å². The van der Waals surface area contributed by atoms with Crippen LogP contribution in [0.1, 0.15) is 11.4 Å². The predicted molar refractivity (Wildman–Crippen MR) is 67.7 cm³/mol. The molecule has 0 saturated carbocycles. The zero-order valence-corrected chi connectivity index (χ0v) is 10.3. The number of hydrogen-bond donors (Lipinski definition) is 1. The van der Waals surface area contributed by atoms with Gasteiger partial charge in [-0.25, -0.2) is 9.97 Å². The second-order valence-electron chi connectivity index (χ2n) is 3.70. The minimum Gasteiger partial charge on any atom is -0.398 e. The molecule has 0 aliphatic rings. The van der Waals surface area contributed by atoms with E-state index in [4.69, 9.17) is 5.73 Å². The van der Waals surface area contributed by atoms with Crippen LogP contribution < -0.4 is 5.73 Å². The molecule has 4 nitrogen and oxygen atoms in total. The van der Waals surface area contributed by atoms with Crippen LogP contribution in [0.25, 0.3) is 0 Å². The van der Waals surface area contributed by atoms with Crippen LogP contribution in [0.4, 0.5) is 5.69 Å². The van der Waals surface area contributed by atoms with Gasteiger partial charge in [0.05, 0.1) is 21.4 Å². The Morgan fingerprint density at radius 3 is 2.65 bits per heavy atom. The standard InChI is InChI=1S/C12H13N3OS/c1-9-3-4-11(10(13)7-9)17(16)8-12-14-5-2-6-15-12/h2-7H,8,13H2,1H3. The summed E-state index contributed by atoms with van der Waals surface area (Å²) >= 11 is 0. The van der Waals surface area contributed by atoms with E-state index in [9.17, 15) is 4.21 Å². The number of anilines is 1. The predicted octanol–water partition coefficient (Wildman–Crippen LogP) is 1.68. The number of benzene rings is 1. The molecule has 0 aliphatic carbocycles. The lowest BCUT2D eigenvalue weighted by Crippen LogP contribution is -2.03. The van der Waals surface area contributed by atoms with Gasteiger partial charge in [0.2, 0.25) is 0 Å². The fourth-order valence-corrected chi connectivity index (χ4v) is 2.56. The first kappa shape index (κ1) is 11.7. The lowest BCUT2D eigenvalue weighted by atomic mass is 10.2. The van der Waals surface area contributed by atoms with Crippen molar-refractivity contribution in [3.8, 4) is 0 Å². The Morgan fingerprint density at radius 1 is 1.29 bits per heavy atom. The van der Waals surface area contributed by atoms with Crippen molar-refractivity contribution < 1.29 is 4.21 Å². The van der Waals surface area contributed by atoms with E-state index in [1.807, 2.05) is 19.1 Å². The number of nitrogens with two attached hydrogens (primary N) is 1. The molecule has 17 heavy (non-hydrogen) atoms. The van der Waals surface area contributed by atoms with E-state index >= 15 is 0 Å². The van der Waals surface area contributed by atoms with Gasteiger partial charge in [0, 0.05) is 18.1 Å². The summed E-state index contributed by atoms with van der Waals surface area (Å²) in [6, 6.07) is 7.24. The Labute approximate surface area is 102 Å². The fraction of sp³-hybridized carbons (Fsp3) is 0.167.